The van der Waals surface area contributed by atoms with Gasteiger partial charge < -0.3 is 24.8 Å². The van der Waals surface area contributed by atoms with Gasteiger partial charge in [-0.1, -0.05) is 53.5 Å². The van der Waals surface area contributed by atoms with Gasteiger partial charge >= 0.3 is 0 Å². The largest absolute Gasteiger partial charge is 0.493 e. The molecule has 7 nitrogen and oxygen atoms in total. The van der Waals surface area contributed by atoms with Crippen LogP contribution in [0.15, 0.2) is 63.5 Å². The quantitative estimate of drug-likeness (QED) is 0.393. The number of benzene rings is 2. The lowest BCUT2D eigenvalue weighted by molar-refractivity contribution is -0.118. The van der Waals surface area contributed by atoms with E-state index in [0.29, 0.717) is 76.1 Å². The zero-order valence-corrected chi connectivity index (χ0v) is 24.3. The third kappa shape index (κ3) is 5.56. The molecule has 0 aromatic heterocycles. The molecule has 0 bridgehead atoms. The fourth-order valence-electron chi connectivity index (χ4n) is 5.11. The maximum atomic E-state index is 13.7. The lowest BCUT2D eigenvalue weighted by Gasteiger charge is -2.44. The third-order valence-corrected chi connectivity index (χ3v) is 7.85. The zero-order valence-electron chi connectivity index (χ0n) is 21.9. The number of nitriles is 1. The van der Waals surface area contributed by atoms with Crippen molar-refractivity contribution in [3.63, 3.8) is 0 Å². The Labute approximate surface area is 236 Å². The van der Waals surface area contributed by atoms with Gasteiger partial charge in [0.2, 0.25) is 0 Å². The first-order valence-corrected chi connectivity index (χ1v) is 13.4. The monoisotopic (exact) mass is 599 g/mol. The molecular weight excluding hydrogens is 570 g/mol. The van der Waals surface area contributed by atoms with Crippen molar-refractivity contribution in [2.45, 2.75) is 39.2 Å². The first kappa shape index (κ1) is 28.0. The first-order chi connectivity index (χ1) is 18.1. The first-order valence-electron chi connectivity index (χ1n) is 12.3. The second-order valence-electron chi connectivity index (χ2n) is 10.2. The summed E-state index contributed by atoms with van der Waals surface area (Å²) in [5, 5.41) is 10.9. The second kappa shape index (κ2) is 11.4. The molecule has 4 rings (SSSR count). The number of nitrogens with zero attached hydrogens (tertiary/aromatic N) is 2. The van der Waals surface area contributed by atoms with Crippen LogP contribution in [0.2, 0.25) is 5.02 Å². The molecule has 1 atom stereocenters. The highest BCUT2D eigenvalue weighted by atomic mass is 79.9. The molecule has 0 radical (unpaired) electrons. The van der Waals surface area contributed by atoms with Crippen LogP contribution in [0.5, 0.6) is 11.5 Å². The Morgan fingerprint density at radius 3 is 2.53 bits per heavy atom. The highest BCUT2D eigenvalue weighted by molar-refractivity contribution is 9.10. The van der Waals surface area contributed by atoms with Crippen LogP contribution >= 0.6 is 27.5 Å². The summed E-state index contributed by atoms with van der Waals surface area (Å²) >= 11 is 9.67. The Bertz CT molecular complexity index is 1340. The number of hydrogen-bond acceptors (Lipinski definition) is 7. The van der Waals surface area contributed by atoms with Crippen LogP contribution in [-0.2, 0) is 16.1 Å². The molecule has 38 heavy (non-hydrogen) atoms. The molecule has 2 aromatic rings. The number of methoxy groups -OCH3 is 2. The molecule has 2 aliphatic rings. The lowest BCUT2D eigenvalue weighted by Crippen LogP contribution is -2.43. The van der Waals surface area contributed by atoms with Gasteiger partial charge in [-0.05, 0) is 47.2 Å². The fraction of sp³-hybridized carbons (Fsp3) is 0.379. The minimum absolute atomic E-state index is 0.0119. The number of ether oxygens (including phenoxy) is 3. The molecule has 1 aliphatic heterocycles. The highest BCUT2D eigenvalue weighted by Gasteiger charge is 2.44. The Hall–Kier alpha value is -2.99. The molecule has 9 heteroatoms. The zero-order chi connectivity index (χ0) is 27.6. The van der Waals surface area contributed by atoms with Crippen molar-refractivity contribution in [1.29, 1.82) is 5.26 Å². The molecule has 200 valence electrons. The van der Waals surface area contributed by atoms with E-state index in [1.165, 1.54) is 0 Å². The molecule has 0 fully saturated rings. The van der Waals surface area contributed by atoms with E-state index in [1.54, 1.807) is 14.2 Å². The van der Waals surface area contributed by atoms with E-state index in [-0.39, 0.29) is 11.2 Å². The molecule has 0 unspecified atom stereocenters. The number of ketones is 1. The number of Topliss-reactive ketones (excluding diaryl/α,β-unsaturated/α-hetero) is 1. The Balaban J connectivity index is 1.80. The highest BCUT2D eigenvalue weighted by Crippen LogP contribution is 2.51. The van der Waals surface area contributed by atoms with Crippen LogP contribution in [0.3, 0.4) is 0 Å². The van der Waals surface area contributed by atoms with Gasteiger partial charge in [-0.2, -0.15) is 5.26 Å². The summed E-state index contributed by atoms with van der Waals surface area (Å²) in [5.41, 5.74) is 9.82. The van der Waals surface area contributed by atoms with Crippen molar-refractivity contribution < 1.29 is 19.0 Å². The van der Waals surface area contributed by atoms with Gasteiger partial charge in [0, 0.05) is 40.8 Å². The number of hydrogen-bond donors (Lipinski definition) is 1. The van der Waals surface area contributed by atoms with Gasteiger partial charge in [-0.25, -0.2) is 0 Å². The number of carbonyl (C=O) groups excluding carboxylic acids is 1. The van der Waals surface area contributed by atoms with E-state index in [2.05, 4.69) is 35.8 Å². The van der Waals surface area contributed by atoms with Crippen molar-refractivity contribution in [2.24, 2.45) is 11.1 Å². The number of rotatable bonds is 8. The Morgan fingerprint density at radius 1 is 1.18 bits per heavy atom. The summed E-state index contributed by atoms with van der Waals surface area (Å²) in [6.07, 6.45) is 1.04. The van der Waals surface area contributed by atoms with Crippen molar-refractivity contribution in [3.05, 3.63) is 79.7 Å². The van der Waals surface area contributed by atoms with Crippen molar-refractivity contribution >= 4 is 33.3 Å². The van der Waals surface area contributed by atoms with E-state index in [0.717, 1.165) is 11.3 Å². The van der Waals surface area contributed by atoms with Gasteiger partial charge in [0.15, 0.2) is 17.3 Å². The molecule has 0 saturated carbocycles. The van der Waals surface area contributed by atoms with Crippen LogP contribution in [-0.4, -0.2) is 38.1 Å². The second-order valence-corrected chi connectivity index (χ2v) is 11.5. The predicted molar refractivity (Wildman–Crippen MR) is 150 cm³/mol. The molecule has 1 aliphatic carbocycles. The molecule has 2 N–H and O–H groups in total. The predicted octanol–water partition coefficient (Wildman–Crippen LogP) is 6.07. The van der Waals surface area contributed by atoms with E-state index in [1.807, 2.05) is 41.3 Å². The van der Waals surface area contributed by atoms with Crippen LogP contribution in [0, 0.1) is 16.7 Å². The molecular formula is C29H31BrClN3O4. The van der Waals surface area contributed by atoms with E-state index in [9.17, 15) is 10.1 Å². The van der Waals surface area contributed by atoms with Crippen LogP contribution in [0.25, 0.3) is 0 Å². The van der Waals surface area contributed by atoms with Gasteiger partial charge in [0.1, 0.15) is 12.4 Å². The van der Waals surface area contributed by atoms with Crippen molar-refractivity contribution in [1.82, 2.24) is 4.90 Å². The lowest BCUT2D eigenvalue weighted by atomic mass is 9.68. The number of allylic oxidation sites excluding steroid dienone is 3. The number of halogens is 2. The molecule has 1 heterocycles. The SMILES string of the molecule is COCCN1C(N)=C(C#N)[C@@H](c2cc(OC)c(OCc3ccc(Cl)cc3)cc2Br)C2=C1CC(C)(C)CC2=O. The van der Waals surface area contributed by atoms with Gasteiger partial charge in [0.05, 0.1) is 31.3 Å². The normalized spacial score (nSPS) is 18.8. The maximum absolute atomic E-state index is 13.7. The number of carbonyl (C=O) groups is 1. The average Bonchev–Trinajstić information content (AvgIpc) is 2.87. The summed E-state index contributed by atoms with van der Waals surface area (Å²) in [4.78, 5) is 15.5. The van der Waals surface area contributed by atoms with Crippen LogP contribution < -0.4 is 15.2 Å². The fourth-order valence-corrected chi connectivity index (χ4v) is 5.79. The molecule has 2 aromatic carbocycles. The van der Waals surface area contributed by atoms with Gasteiger partial charge in [0.25, 0.3) is 0 Å². The third-order valence-electron chi connectivity index (χ3n) is 6.91. The molecule has 0 amide bonds. The summed E-state index contributed by atoms with van der Waals surface area (Å²) in [7, 11) is 3.17. The summed E-state index contributed by atoms with van der Waals surface area (Å²) in [6.45, 7) is 5.32. The summed E-state index contributed by atoms with van der Waals surface area (Å²) in [6, 6.07) is 13.3. The standard InChI is InChI=1S/C29H31BrClN3O4/c1-29(2)13-22-27(23(35)14-29)26(20(15-32)28(33)34(22)9-10-36-3)19-11-24(37-4)25(12-21(19)30)38-16-17-5-7-18(31)8-6-17/h5-8,11-12,26H,9-10,13-14,16,33H2,1-4H3/t26-/m1/s1. The van der Waals surface area contributed by atoms with E-state index in [4.69, 9.17) is 31.5 Å². The van der Waals surface area contributed by atoms with E-state index >= 15 is 0 Å². The minimum atomic E-state index is -0.633. The Kier molecular flexibility index (Phi) is 8.41. The number of nitrogens with two attached hydrogens (primary N) is 1. The van der Waals surface area contributed by atoms with Crippen molar-refractivity contribution in [3.8, 4) is 17.6 Å². The Morgan fingerprint density at radius 2 is 1.89 bits per heavy atom. The van der Waals surface area contributed by atoms with Gasteiger partial charge in [-0.15, -0.1) is 0 Å². The van der Waals surface area contributed by atoms with Crippen LogP contribution in [0.4, 0.5) is 0 Å². The van der Waals surface area contributed by atoms with Crippen LogP contribution in [0.1, 0.15) is 43.7 Å². The smallest absolute Gasteiger partial charge is 0.162 e. The summed E-state index contributed by atoms with van der Waals surface area (Å²) in [5.74, 6) is 0.730. The maximum Gasteiger partial charge on any atom is 0.162 e. The van der Waals surface area contributed by atoms with Crippen molar-refractivity contribution in [2.75, 3.05) is 27.4 Å². The molecule has 0 spiro atoms. The minimum Gasteiger partial charge on any atom is -0.493 e. The van der Waals surface area contributed by atoms with Gasteiger partial charge in [-0.3, -0.25) is 4.79 Å². The van der Waals surface area contributed by atoms with E-state index < -0.39 is 5.92 Å². The summed E-state index contributed by atoms with van der Waals surface area (Å²) < 4.78 is 17.7. The topological polar surface area (TPSA) is 97.8 Å². The molecule has 0 saturated heterocycles. The average molecular weight is 601 g/mol.